The Balaban J connectivity index is 2.32. The average Bonchev–Trinajstić information content (AvgIpc) is 2.42. The SMILES string of the molecule is COc1ccc(C(NN)C2CCCCC2(C)C)c(F)c1. The van der Waals surface area contributed by atoms with Crippen molar-refractivity contribution in [2.24, 2.45) is 17.2 Å². The van der Waals surface area contributed by atoms with Crippen molar-refractivity contribution in [3.8, 4) is 5.75 Å². The number of methoxy groups -OCH3 is 1. The fourth-order valence-corrected chi connectivity index (χ4v) is 3.45. The van der Waals surface area contributed by atoms with Crippen molar-refractivity contribution in [3.63, 3.8) is 0 Å². The summed E-state index contributed by atoms with van der Waals surface area (Å²) in [5.74, 6) is 6.36. The van der Waals surface area contributed by atoms with Gasteiger partial charge in [0.15, 0.2) is 0 Å². The van der Waals surface area contributed by atoms with Crippen molar-refractivity contribution in [3.05, 3.63) is 29.6 Å². The second-order valence-electron chi connectivity index (χ2n) is 6.37. The third-order valence-corrected chi connectivity index (χ3v) is 4.71. The standard InChI is InChI=1S/C16H25FN2O/c1-16(2)9-5-4-6-13(16)15(19-18)12-8-7-11(20-3)10-14(12)17/h7-8,10,13,15,19H,4-6,9,18H2,1-3H3. The van der Waals surface area contributed by atoms with Crippen LogP contribution in [0, 0.1) is 17.2 Å². The van der Waals surface area contributed by atoms with E-state index in [1.54, 1.807) is 12.1 Å². The highest BCUT2D eigenvalue weighted by atomic mass is 19.1. The van der Waals surface area contributed by atoms with Crippen molar-refractivity contribution >= 4 is 0 Å². The number of rotatable bonds is 4. The van der Waals surface area contributed by atoms with Gasteiger partial charge in [0.2, 0.25) is 0 Å². The summed E-state index contributed by atoms with van der Waals surface area (Å²) < 4.78 is 19.4. The Bertz CT molecular complexity index is 462. The first kappa shape index (κ1) is 15.3. The van der Waals surface area contributed by atoms with Gasteiger partial charge in [0, 0.05) is 11.6 Å². The largest absolute Gasteiger partial charge is 0.497 e. The van der Waals surface area contributed by atoms with E-state index in [4.69, 9.17) is 10.6 Å². The third-order valence-electron chi connectivity index (χ3n) is 4.71. The molecule has 1 aliphatic carbocycles. The highest BCUT2D eigenvalue weighted by molar-refractivity contribution is 5.31. The topological polar surface area (TPSA) is 47.3 Å². The van der Waals surface area contributed by atoms with Crippen LogP contribution < -0.4 is 16.0 Å². The van der Waals surface area contributed by atoms with E-state index in [-0.39, 0.29) is 17.3 Å². The maximum Gasteiger partial charge on any atom is 0.131 e. The van der Waals surface area contributed by atoms with Gasteiger partial charge in [0.25, 0.3) is 0 Å². The molecule has 0 radical (unpaired) electrons. The van der Waals surface area contributed by atoms with Crippen LogP contribution in [-0.4, -0.2) is 7.11 Å². The van der Waals surface area contributed by atoms with Gasteiger partial charge in [-0.05, 0) is 30.2 Å². The molecule has 1 aromatic carbocycles. The van der Waals surface area contributed by atoms with Crippen LogP contribution in [0.5, 0.6) is 5.75 Å². The van der Waals surface area contributed by atoms with Crippen molar-refractivity contribution in [2.45, 2.75) is 45.6 Å². The lowest BCUT2D eigenvalue weighted by atomic mass is 9.65. The van der Waals surface area contributed by atoms with Crippen LogP contribution in [0.25, 0.3) is 0 Å². The molecule has 0 bridgehead atoms. The average molecular weight is 280 g/mol. The first-order valence-electron chi connectivity index (χ1n) is 7.29. The lowest BCUT2D eigenvalue weighted by Gasteiger charge is -2.43. The molecule has 3 N–H and O–H groups in total. The first-order chi connectivity index (χ1) is 9.49. The molecule has 0 aliphatic heterocycles. The molecule has 0 aromatic heterocycles. The predicted octanol–water partition coefficient (Wildman–Crippen LogP) is 3.56. The Labute approximate surface area is 120 Å². The van der Waals surface area contributed by atoms with E-state index >= 15 is 0 Å². The smallest absolute Gasteiger partial charge is 0.131 e. The van der Waals surface area contributed by atoms with E-state index < -0.39 is 0 Å². The highest BCUT2D eigenvalue weighted by Gasteiger charge is 2.38. The summed E-state index contributed by atoms with van der Waals surface area (Å²) in [6.07, 6.45) is 4.66. The molecule has 112 valence electrons. The zero-order valence-corrected chi connectivity index (χ0v) is 12.6. The minimum absolute atomic E-state index is 0.156. The zero-order valence-electron chi connectivity index (χ0n) is 12.6. The lowest BCUT2D eigenvalue weighted by molar-refractivity contribution is 0.0968. The molecule has 4 heteroatoms. The van der Waals surface area contributed by atoms with Gasteiger partial charge in [0.1, 0.15) is 11.6 Å². The third kappa shape index (κ3) is 2.96. The second kappa shape index (κ2) is 6.10. The number of nitrogens with one attached hydrogen (secondary N) is 1. The maximum absolute atomic E-state index is 14.3. The number of hydrazine groups is 1. The van der Waals surface area contributed by atoms with E-state index in [2.05, 4.69) is 19.3 Å². The summed E-state index contributed by atoms with van der Waals surface area (Å²) in [5, 5.41) is 0. The van der Waals surface area contributed by atoms with Gasteiger partial charge in [-0.1, -0.05) is 32.8 Å². The molecular formula is C16H25FN2O. The molecule has 1 aliphatic rings. The van der Waals surface area contributed by atoms with Gasteiger partial charge in [0.05, 0.1) is 13.2 Å². The van der Waals surface area contributed by atoms with Crippen LogP contribution in [0.2, 0.25) is 0 Å². The summed E-state index contributed by atoms with van der Waals surface area (Å²) in [5.41, 5.74) is 3.64. The van der Waals surface area contributed by atoms with Crippen molar-refractivity contribution in [1.82, 2.24) is 5.43 Å². The zero-order chi connectivity index (χ0) is 14.8. The summed E-state index contributed by atoms with van der Waals surface area (Å²) >= 11 is 0. The molecule has 2 unspecified atom stereocenters. The van der Waals surface area contributed by atoms with Gasteiger partial charge in [-0.25, -0.2) is 4.39 Å². The molecule has 0 saturated heterocycles. The van der Waals surface area contributed by atoms with E-state index in [0.717, 1.165) is 12.8 Å². The minimum atomic E-state index is -0.256. The van der Waals surface area contributed by atoms with Gasteiger partial charge < -0.3 is 4.74 Å². The maximum atomic E-state index is 14.3. The molecule has 2 atom stereocenters. The number of benzene rings is 1. The molecule has 0 spiro atoms. The summed E-state index contributed by atoms with van der Waals surface area (Å²) in [6, 6.07) is 4.84. The lowest BCUT2D eigenvalue weighted by Crippen LogP contribution is -2.42. The van der Waals surface area contributed by atoms with E-state index in [0.29, 0.717) is 17.2 Å². The van der Waals surface area contributed by atoms with Crippen LogP contribution in [-0.2, 0) is 0 Å². The Morgan fingerprint density at radius 3 is 2.70 bits per heavy atom. The van der Waals surface area contributed by atoms with Gasteiger partial charge in [-0.3, -0.25) is 11.3 Å². The molecule has 2 rings (SSSR count). The predicted molar refractivity (Wildman–Crippen MR) is 78.8 cm³/mol. The summed E-state index contributed by atoms with van der Waals surface area (Å²) in [4.78, 5) is 0. The fourth-order valence-electron chi connectivity index (χ4n) is 3.45. The monoisotopic (exact) mass is 280 g/mol. The Morgan fingerprint density at radius 2 is 2.15 bits per heavy atom. The van der Waals surface area contributed by atoms with Crippen molar-refractivity contribution < 1.29 is 9.13 Å². The quantitative estimate of drug-likeness (QED) is 0.655. The molecule has 1 aromatic rings. The Hall–Kier alpha value is -1.13. The van der Waals surface area contributed by atoms with Crippen molar-refractivity contribution in [2.75, 3.05) is 7.11 Å². The van der Waals surface area contributed by atoms with Crippen LogP contribution >= 0.6 is 0 Å². The molecule has 20 heavy (non-hydrogen) atoms. The van der Waals surface area contributed by atoms with Gasteiger partial charge >= 0.3 is 0 Å². The molecule has 0 heterocycles. The Kier molecular flexibility index (Phi) is 4.66. The van der Waals surface area contributed by atoms with Gasteiger partial charge in [-0.2, -0.15) is 0 Å². The molecule has 0 amide bonds. The normalized spacial score (nSPS) is 23.4. The fraction of sp³-hybridized carbons (Fsp3) is 0.625. The molecule has 1 saturated carbocycles. The first-order valence-corrected chi connectivity index (χ1v) is 7.29. The Morgan fingerprint density at radius 1 is 1.40 bits per heavy atom. The number of halogens is 1. The number of nitrogens with two attached hydrogens (primary N) is 1. The van der Waals surface area contributed by atoms with Gasteiger partial charge in [-0.15, -0.1) is 0 Å². The number of hydrogen-bond donors (Lipinski definition) is 2. The molecular weight excluding hydrogens is 255 g/mol. The van der Waals surface area contributed by atoms with Crippen LogP contribution in [0.15, 0.2) is 18.2 Å². The minimum Gasteiger partial charge on any atom is -0.497 e. The summed E-state index contributed by atoms with van der Waals surface area (Å²) in [7, 11) is 1.54. The molecule has 1 fully saturated rings. The number of ether oxygens (including phenoxy) is 1. The van der Waals surface area contributed by atoms with Crippen molar-refractivity contribution in [1.29, 1.82) is 0 Å². The number of hydrogen-bond acceptors (Lipinski definition) is 3. The van der Waals surface area contributed by atoms with Crippen LogP contribution in [0.4, 0.5) is 4.39 Å². The van der Waals surface area contributed by atoms with Crippen LogP contribution in [0.3, 0.4) is 0 Å². The second-order valence-corrected chi connectivity index (χ2v) is 6.37. The van der Waals surface area contributed by atoms with E-state index in [1.165, 1.54) is 26.0 Å². The highest BCUT2D eigenvalue weighted by Crippen LogP contribution is 2.47. The van der Waals surface area contributed by atoms with E-state index in [9.17, 15) is 4.39 Å². The van der Waals surface area contributed by atoms with E-state index in [1.807, 2.05) is 0 Å². The van der Waals surface area contributed by atoms with Crippen LogP contribution in [0.1, 0.15) is 51.1 Å². The molecule has 3 nitrogen and oxygen atoms in total. The summed E-state index contributed by atoms with van der Waals surface area (Å²) in [6.45, 7) is 4.51.